The summed E-state index contributed by atoms with van der Waals surface area (Å²) in [6, 6.07) is -0.244. The van der Waals surface area contributed by atoms with E-state index in [1.807, 2.05) is 0 Å². The number of nitrogens with one attached hydrogen (secondary N) is 1. The molecule has 1 aliphatic rings. The molecule has 1 fully saturated rings. The summed E-state index contributed by atoms with van der Waals surface area (Å²) in [5.74, 6) is 0. The summed E-state index contributed by atoms with van der Waals surface area (Å²) in [6.45, 7) is 0.714. The number of carbonyl (C=O) groups excluding carboxylic acids is 1. The molecule has 1 heterocycles. The fourth-order valence-corrected chi connectivity index (χ4v) is 1.19. The van der Waals surface area contributed by atoms with Crippen LogP contribution in [0.3, 0.4) is 0 Å². The number of carbonyl (C=O) groups is 1. The number of amides is 2. The van der Waals surface area contributed by atoms with Gasteiger partial charge in [0.1, 0.15) is 6.34 Å². The van der Waals surface area contributed by atoms with Gasteiger partial charge in [0.2, 0.25) is 6.29 Å². The van der Waals surface area contributed by atoms with Crippen molar-refractivity contribution in [1.82, 2.24) is 10.2 Å². The molecule has 15 heavy (non-hydrogen) atoms. The van der Waals surface area contributed by atoms with Crippen LogP contribution in [-0.4, -0.2) is 44.3 Å². The summed E-state index contributed by atoms with van der Waals surface area (Å²) >= 11 is 0. The number of oxime groups is 1. The lowest BCUT2D eigenvalue weighted by molar-refractivity contribution is -0.162. The van der Waals surface area contributed by atoms with Crippen molar-refractivity contribution in [1.29, 1.82) is 0 Å². The molecule has 1 atom stereocenters. The van der Waals surface area contributed by atoms with Crippen molar-refractivity contribution in [2.75, 3.05) is 20.7 Å². The topological polar surface area (TPSA) is 63.2 Å². The van der Waals surface area contributed by atoms with Gasteiger partial charge in [-0.05, 0) is 12.8 Å². The Morgan fingerprint density at radius 1 is 1.67 bits per heavy atom. The van der Waals surface area contributed by atoms with Crippen molar-refractivity contribution in [3.63, 3.8) is 0 Å². The van der Waals surface area contributed by atoms with Crippen molar-refractivity contribution in [2.45, 2.75) is 25.6 Å². The summed E-state index contributed by atoms with van der Waals surface area (Å²) < 4.78 is 5.29. The highest BCUT2D eigenvalue weighted by Gasteiger charge is 2.14. The van der Waals surface area contributed by atoms with Crippen LogP contribution in [0.25, 0.3) is 0 Å². The summed E-state index contributed by atoms with van der Waals surface area (Å²) in [6.07, 6.45) is 4.05. The second-order valence-corrected chi connectivity index (χ2v) is 3.29. The number of nitrogens with zero attached hydrogens (tertiary/aromatic N) is 2. The van der Waals surface area contributed by atoms with E-state index in [4.69, 9.17) is 9.57 Å². The Morgan fingerprint density at radius 2 is 2.47 bits per heavy atom. The highest BCUT2D eigenvalue weighted by atomic mass is 16.8. The highest BCUT2D eigenvalue weighted by Crippen LogP contribution is 2.13. The van der Waals surface area contributed by atoms with E-state index in [0.717, 1.165) is 19.3 Å². The quantitative estimate of drug-likeness (QED) is 0.429. The van der Waals surface area contributed by atoms with Gasteiger partial charge in [0.25, 0.3) is 0 Å². The molecule has 86 valence electrons. The molecule has 0 aromatic heterocycles. The molecule has 1 aliphatic heterocycles. The second-order valence-electron chi connectivity index (χ2n) is 3.29. The summed E-state index contributed by atoms with van der Waals surface area (Å²) in [5.41, 5.74) is 0. The third kappa shape index (κ3) is 4.16. The van der Waals surface area contributed by atoms with Crippen molar-refractivity contribution in [2.24, 2.45) is 5.16 Å². The Balaban J connectivity index is 2.22. The summed E-state index contributed by atoms with van der Waals surface area (Å²) in [7, 11) is 3.14. The van der Waals surface area contributed by atoms with Crippen LogP contribution in [0.2, 0.25) is 0 Å². The molecule has 2 amide bonds. The van der Waals surface area contributed by atoms with Gasteiger partial charge in [0.15, 0.2) is 0 Å². The van der Waals surface area contributed by atoms with Gasteiger partial charge >= 0.3 is 6.03 Å². The van der Waals surface area contributed by atoms with Crippen molar-refractivity contribution in [3.05, 3.63) is 0 Å². The van der Waals surface area contributed by atoms with E-state index < -0.39 is 0 Å². The van der Waals surface area contributed by atoms with Gasteiger partial charge in [0.05, 0.1) is 6.61 Å². The first kappa shape index (κ1) is 11.8. The van der Waals surface area contributed by atoms with Gasteiger partial charge < -0.3 is 14.9 Å². The predicted octanol–water partition coefficient (Wildman–Crippen LogP) is 0.744. The van der Waals surface area contributed by atoms with Crippen LogP contribution >= 0.6 is 0 Å². The maximum absolute atomic E-state index is 11.0. The Bertz CT molecular complexity index is 227. The molecular weight excluding hydrogens is 198 g/mol. The first-order valence-electron chi connectivity index (χ1n) is 4.99. The smallest absolute Gasteiger partial charge is 0.322 e. The van der Waals surface area contributed by atoms with E-state index in [1.165, 1.54) is 11.2 Å². The number of hydrogen-bond donors (Lipinski definition) is 1. The molecule has 0 spiro atoms. The molecule has 0 radical (unpaired) electrons. The minimum Gasteiger partial charge on any atom is -0.362 e. The first-order valence-corrected chi connectivity index (χ1v) is 4.99. The lowest BCUT2D eigenvalue weighted by atomic mass is 10.2. The second kappa shape index (κ2) is 6.23. The molecule has 6 nitrogen and oxygen atoms in total. The molecule has 6 heteroatoms. The monoisotopic (exact) mass is 215 g/mol. The van der Waals surface area contributed by atoms with Gasteiger partial charge in [-0.1, -0.05) is 5.16 Å². The fraction of sp³-hybridized carbons (Fsp3) is 0.778. The minimum atomic E-state index is -0.270. The molecule has 1 N–H and O–H groups in total. The van der Waals surface area contributed by atoms with Gasteiger partial charge in [-0.2, -0.15) is 0 Å². The van der Waals surface area contributed by atoms with Crippen LogP contribution in [0.5, 0.6) is 0 Å². The van der Waals surface area contributed by atoms with Gasteiger partial charge in [-0.15, -0.1) is 0 Å². The van der Waals surface area contributed by atoms with Crippen LogP contribution in [0.4, 0.5) is 4.79 Å². The third-order valence-electron chi connectivity index (χ3n) is 2.07. The van der Waals surface area contributed by atoms with Crippen molar-refractivity contribution >= 4 is 12.4 Å². The Morgan fingerprint density at radius 3 is 3.07 bits per heavy atom. The largest absolute Gasteiger partial charge is 0.362 e. The van der Waals surface area contributed by atoms with E-state index in [0.29, 0.717) is 6.61 Å². The van der Waals surface area contributed by atoms with E-state index in [-0.39, 0.29) is 12.3 Å². The van der Waals surface area contributed by atoms with Crippen molar-refractivity contribution < 1.29 is 14.4 Å². The highest BCUT2D eigenvalue weighted by molar-refractivity contribution is 5.85. The van der Waals surface area contributed by atoms with Crippen LogP contribution in [0.15, 0.2) is 5.16 Å². The Labute approximate surface area is 89.2 Å². The number of rotatable bonds is 3. The zero-order chi connectivity index (χ0) is 11.1. The lowest BCUT2D eigenvalue weighted by Crippen LogP contribution is -2.34. The summed E-state index contributed by atoms with van der Waals surface area (Å²) in [4.78, 5) is 17.4. The minimum absolute atomic E-state index is 0.244. The number of ether oxygens (including phenoxy) is 1. The van der Waals surface area contributed by atoms with Crippen LogP contribution in [0.1, 0.15) is 19.3 Å². The average Bonchev–Trinajstić information content (AvgIpc) is 2.29. The molecule has 0 aromatic rings. The number of hydrogen-bond acceptors (Lipinski definition) is 4. The van der Waals surface area contributed by atoms with Crippen LogP contribution < -0.4 is 5.32 Å². The standard InChI is InChI=1S/C9H17N3O3/c1-10-9(13)12(2)7-11-15-8-5-3-4-6-14-8/h7-8H,3-6H2,1-2H3,(H,10,13)/b11-7+. The van der Waals surface area contributed by atoms with Crippen LogP contribution in [0, 0.1) is 0 Å². The maximum atomic E-state index is 11.0. The van der Waals surface area contributed by atoms with Crippen molar-refractivity contribution in [3.8, 4) is 0 Å². The molecular formula is C9H17N3O3. The summed E-state index contributed by atoms with van der Waals surface area (Å²) in [5, 5.41) is 6.14. The van der Waals surface area contributed by atoms with Gasteiger partial charge in [0, 0.05) is 20.5 Å². The maximum Gasteiger partial charge on any atom is 0.322 e. The Kier molecular flexibility index (Phi) is 4.89. The third-order valence-corrected chi connectivity index (χ3v) is 2.07. The van der Waals surface area contributed by atoms with E-state index in [1.54, 1.807) is 14.1 Å². The predicted molar refractivity (Wildman–Crippen MR) is 55.4 cm³/mol. The molecule has 0 aromatic carbocycles. The Hall–Kier alpha value is -1.30. The van der Waals surface area contributed by atoms with Crippen LogP contribution in [-0.2, 0) is 9.57 Å². The molecule has 0 bridgehead atoms. The molecule has 1 unspecified atom stereocenters. The molecule has 1 saturated heterocycles. The van der Waals surface area contributed by atoms with E-state index in [2.05, 4.69) is 10.5 Å². The van der Waals surface area contributed by atoms with E-state index >= 15 is 0 Å². The SMILES string of the molecule is CNC(=O)N(C)/C=N/OC1CCCCO1. The zero-order valence-electron chi connectivity index (χ0n) is 9.10. The lowest BCUT2D eigenvalue weighted by Gasteiger charge is -2.20. The van der Waals surface area contributed by atoms with Gasteiger partial charge in [-0.3, -0.25) is 4.90 Å². The molecule has 0 saturated carbocycles. The zero-order valence-corrected chi connectivity index (χ0v) is 9.10. The number of urea groups is 1. The normalized spacial score (nSPS) is 21.3. The first-order chi connectivity index (χ1) is 7.24. The van der Waals surface area contributed by atoms with Gasteiger partial charge in [-0.25, -0.2) is 4.79 Å². The van der Waals surface area contributed by atoms with E-state index in [9.17, 15) is 4.79 Å². The molecule has 0 aliphatic carbocycles. The molecule has 1 rings (SSSR count). The fourth-order valence-electron chi connectivity index (χ4n) is 1.19. The average molecular weight is 215 g/mol.